The van der Waals surface area contributed by atoms with Crippen LogP contribution in [0.5, 0.6) is 0 Å². The van der Waals surface area contributed by atoms with Crippen LogP contribution in [0.25, 0.3) is 0 Å². The van der Waals surface area contributed by atoms with E-state index >= 15 is 0 Å². The summed E-state index contributed by atoms with van der Waals surface area (Å²) in [4.78, 5) is 4.06. The van der Waals surface area contributed by atoms with Gasteiger partial charge in [0.15, 0.2) is 0 Å². The molecule has 0 bridgehead atoms. The van der Waals surface area contributed by atoms with Gasteiger partial charge in [0.1, 0.15) is 18.0 Å². The quantitative estimate of drug-likeness (QED) is 0.927. The van der Waals surface area contributed by atoms with Crippen LogP contribution < -0.4 is 0 Å². The largest absolute Gasteiger partial charge is 0.388 e. The fraction of sp³-hybridized carbons (Fsp3) is 0.333. The van der Waals surface area contributed by atoms with Crippen LogP contribution in [0.2, 0.25) is 5.02 Å². The van der Waals surface area contributed by atoms with Crippen LogP contribution in [0.15, 0.2) is 24.5 Å². The zero-order valence-corrected chi connectivity index (χ0v) is 10.6. The first-order chi connectivity index (χ1) is 8.61. The van der Waals surface area contributed by atoms with Crippen LogP contribution in [0, 0.1) is 5.82 Å². The Morgan fingerprint density at radius 3 is 2.94 bits per heavy atom. The summed E-state index contributed by atoms with van der Waals surface area (Å²) in [5.41, 5.74) is 0.475. The molecule has 96 valence electrons. The molecule has 1 aromatic heterocycles. The van der Waals surface area contributed by atoms with Crippen molar-refractivity contribution in [2.45, 2.75) is 26.0 Å². The third kappa shape index (κ3) is 2.68. The van der Waals surface area contributed by atoms with Crippen LogP contribution in [0.4, 0.5) is 4.39 Å². The number of benzene rings is 1. The molecular weight excluding hydrogens is 257 g/mol. The minimum atomic E-state index is -0.828. The lowest BCUT2D eigenvalue weighted by molar-refractivity contribution is 0.173. The number of aliphatic hydroxyl groups excluding tert-OH is 1. The molecule has 4 nitrogen and oxygen atoms in total. The van der Waals surface area contributed by atoms with Crippen LogP contribution in [-0.4, -0.2) is 19.9 Å². The summed E-state index contributed by atoms with van der Waals surface area (Å²) in [6.45, 7) is 2.61. The second-order valence-electron chi connectivity index (χ2n) is 3.89. The molecular formula is C12H13ClFN3O. The standard InChI is InChI=1S/C12H13ClFN3O/c1-2-17-12(15-7-16-17)6-11(18)8-3-4-9(13)10(14)5-8/h3-5,7,11,18H,2,6H2,1H3. The van der Waals surface area contributed by atoms with E-state index in [1.54, 1.807) is 10.7 Å². The highest BCUT2D eigenvalue weighted by Crippen LogP contribution is 2.22. The predicted molar refractivity (Wildman–Crippen MR) is 65.8 cm³/mol. The molecule has 2 rings (SSSR count). The molecule has 0 saturated heterocycles. The van der Waals surface area contributed by atoms with Gasteiger partial charge in [-0.15, -0.1) is 0 Å². The molecule has 18 heavy (non-hydrogen) atoms. The SMILES string of the molecule is CCn1ncnc1CC(O)c1ccc(Cl)c(F)c1. The molecule has 6 heteroatoms. The highest BCUT2D eigenvalue weighted by molar-refractivity contribution is 6.30. The Hall–Kier alpha value is -1.46. The summed E-state index contributed by atoms with van der Waals surface area (Å²) in [6.07, 6.45) is 0.898. The third-order valence-electron chi connectivity index (χ3n) is 2.70. The summed E-state index contributed by atoms with van der Waals surface area (Å²) in [6, 6.07) is 4.27. The summed E-state index contributed by atoms with van der Waals surface area (Å²) in [5.74, 6) is 0.130. The first-order valence-electron chi connectivity index (χ1n) is 5.61. The Labute approximate surface area is 109 Å². The third-order valence-corrected chi connectivity index (χ3v) is 3.01. The Balaban J connectivity index is 2.16. The number of halogens is 2. The van der Waals surface area contributed by atoms with E-state index in [-0.39, 0.29) is 11.4 Å². The Morgan fingerprint density at radius 2 is 2.28 bits per heavy atom. The fourth-order valence-corrected chi connectivity index (χ4v) is 1.84. The van der Waals surface area contributed by atoms with Gasteiger partial charge in [-0.05, 0) is 24.6 Å². The summed E-state index contributed by atoms with van der Waals surface area (Å²) >= 11 is 5.59. The topological polar surface area (TPSA) is 50.9 Å². The lowest BCUT2D eigenvalue weighted by atomic mass is 10.1. The lowest BCUT2D eigenvalue weighted by Gasteiger charge is -2.11. The molecule has 2 aromatic rings. The fourth-order valence-electron chi connectivity index (χ4n) is 1.72. The average Bonchev–Trinajstić information content (AvgIpc) is 2.79. The van der Waals surface area contributed by atoms with E-state index < -0.39 is 11.9 Å². The summed E-state index contributed by atoms with van der Waals surface area (Å²) in [5, 5.41) is 14.1. The second kappa shape index (κ2) is 5.46. The molecule has 0 aliphatic carbocycles. The zero-order chi connectivity index (χ0) is 13.1. The van der Waals surface area contributed by atoms with Gasteiger partial charge in [0, 0.05) is 13.0 Å². The maximum Gasteiger partial charge on any atom is 0.142 e. The number of aliphatic hydroxyl groups is 1. The maximum atomic E-state index is 13.3. The van der Waals surface area contributed by atoms with Gasteiger partial charge in [-0.25, -0.2) is 9.37 Å². The Kier molecular flexibility index (Phi) is 3.93. The van der Waals surface area contributed by atoms with E-state index in [1.165, 1.54) is 18.5 Å². The van der Waals surface area contributed by atoms with Gasteiger partial charge in [0.2, 0.25) is 0 Å². The maximum absolute atomic E-state index is 13.3. The van der Waals surface area contributed by atoms with E-state index in [1.807, 2.05) is 6.92 Å². The van der Waals surface area contributed by atoms with Gasteiger partial charge in [0.05, 0.1) is 11.1 Å². The van der Waals surface area contributed by atoms with Gasteiger partial charge in [-0.1, -0.05) is 17.7 Å². The Bertz CT molecular complexity index is 544. The molecule has 0 fully saturated rings. The van der Waals surface area contributed by atoms with Crippen molar-refractivity contribution in [3.05, 3.63) is 46.8 Å². The number of aryl methyl sites for hydroxylation is 1. The summed E-state index contributed by atoms with van der Waals surface area (Å²) < 4.78 is 15.0. The number of hydrogen-bond donors (Lipinski definition) is 1. The number of hydrogen-bond acceptors (Lipinski definition) is 3. The molecule has 0 radical (unpaired) electrons. The molecule has 1 N–H and O–H groups in total. The average molecular weight is 270 g/mol. The zero-order valence-electron chi connectivity index (χ0n) is 9.85. The Morgan fingerprint density at radius 1 is 1.50 bits per heavy atom. The van der Waals surface area contributed by atoms with Crippen LogP contribution in [0.3, 0.4) is 0 Å². The molecule has 0 amide bonds. The first kappa shape index (κ1) is 13.0. The predicted octanol–water partition coefficient (Wildman–Crippen LogP) is 2.37. The van der Waals surface area contributed by atoms with Gasteiger partial charge in [-0.3, -0.25) is 4.68 Å². The smallest absolute Gasteiger partial charge is 0.142 e. The second-order valence-corrected chi connectivity index (χ2v) is 4.29. The number of aromatic nitrogens is 3. The van der Waals surface area contributed by atoms with E-state index in [4.69, 9.17) is 11.6 Å². The van der Waals surface area contributed by atoms with E-state index in [2.05, 4.69) is 10.1 Å². The van der Waals surface area contributed by atoms with Crippen molar-refractivity contribution >= 4 is 11.6 Å². The van der Waals surface area contributed by atoms with Crippen LogP contribution >= 0.6 is 11.6 Å². The van der Waals surface area contributed by atoms with E-state index in [0.29, 0.717) is 17.9 Å². The minimum Gasteiger partial charge on any atom is -0.388 e. The van der Waals surface area contributed by atoms with Crippen LogP contribution in [0.1, 0.15) is 24.4 Å². The van der Waals surface area contributed by atoms with Crippen LogP contribution in [-0.2, 0) is 13.0 Å². The monoisotopic (exact) mass is 269 g/mol. The molecule has 1 heterocycles. The lowest BCUT2D eigenvalue weighted by Crippen LogP contribution is -2.09. The molecule has 0 aliphatic rings. The van der Waals surface area contributed by atoms with Crippen molar-refractivity contribution in [3.63, 3.8) is 0 Å². The van der Waals surface area contributed by atoms with Crippen molar-refractivity contribution in [3.8, 4) is 0 Å². The first-order valence-corrected chi connectivity index (χ1v) is 5.99. The van der Waals surface area contributed by atoms with Gasteiger partial charge < -0.3 is 5.11 Å². The molecule has 0 aliphatic heterocycles. The number of nitrogens with zero attached hydrogens (tertiary/aromatic N) is 3. The van der Waals surface area contributed by atoms with Gasteiger partial charge in [-0.2, -0.15) is 5.10 Å². The molecule has 1 aromatic carbocycles. The van der Waals surface area contributed by atoms with E-state index in [9.17, 15) is 9.50 Å². The van der Waals surface area contributed by atoms with Crippen molar-refractivity contribution in [1.29, 1.82) is 0 Å². The van der Waals surface area contributed by atoms with Crippen molar-refractivity contribution in [1.82, 2.24) is 14.8 Å². The van der Waals surface area contributed by atoms with Crippen molar-refractivity contribution < 1.29 is 9.50 Å². The van der Waals surface area contributed by atoms with Gasteiger partial charge >= 0.3 is 0 Å². The summed E-state index contributed by atoms with van der Waals surface area (Å²) in [7, 11) is 0. The molecule has 1 atom stereocenters. The minimum absolute atomic E-state index is 0.0441. The molecule has 0 saturated carbocycles. The van der Waals surface area contributed by atoms with E-state index in [0.717, 1.165) is 0 Å². The van der Waals surface area contributed by atoms with Gasteiger partial charge in [0.25, 0.3) is 0 Å². The number of rotatable bonds is 4. The van der Waals surface area contributed by atoms with Crippen molar-refractivity contribution in [2.75, 3.05) is 0 Å². The highest BCUT2D eigenvalue weighted by Gasteiger charge is 2.14. The normalized spacial score (nSPS) is 12.7. The molecule has 0 spiro atoms. The molecule has 1 unspecified atom stereocenters. The van der Waals surface area contributed by atoms with Crippen molar-refractivity contribution in [2.24, 2.45) is 0 Å². The highest BCUT2D eigenvalue weighted by atomic mass is 35.5.